The molecular formula is C13H15BrFNO3. The lowest BCUT2D eigenvalue weighted by molar-refractivity contribution is -0.166. The maximum Gasteiger partial charge on any atom is 0.324 e. The number of nitrogens with zero attached hydrogens (tertiary/aromatic N) is 1. The van der Waals surface area contributed by atoms with Gasteiger partial charge in [0.05, 0.1) is 13.2 Å². The highest BCUT2D eigenvalue weighted by molar-refractivity contribution is 9.10. The fourth-order valence-electron chi connectivity index (χ4n) is 1.82. The lowest BCUT2D eigenvalue weighted by atomic mass is 10.2. The van der Waals surface area contributed by atoms with E-state index < -0.39 is 11.8 Å². The first-order valence-corrected chi connectivity index (χ1v) is 6.79. The van der Waals surface area contributed by atoms with E-state index in [1.165, 1.54) is 4.90 Å². The first-order valence-electron chi connectivity index (χ1n) is 6.00. The Morgan fingerprint density at radius 3 is 2.53 bits per heavy atom. The van der Waals surface area contributed by atoms with Crippen LogP contribution in [-0.4, -0.2) is 43.0 Å². The van der Waals surface area contributed by atoms with Crippen molar-refractivity contribution in [3.63, 3.8) is 0 Å². The number of hydrogen-bond donors (Lipinski definition) is 0. The Kier molecular flexibility index (Phi) is 4.42. The van der Waals surface area contributed by atoms with Gasteiger partial charge in [0.25, 0.3) is 5.91 Å². The van der Waals surface area contributed by atoms with Crippen molar-refractivity contribution in [2.24, 2.45) is 0 Å². The van der Waals surface area contributed by atoms with Gasteiger partial charge < -0.3 is 14.4 Å². The molecule has 1 fully saturated rings. The zero-order valence-electron chi connectivity index (χ0n) is 10.6. The monoisotopic (exact) mass is 331 g/mol. The summed E-state index contributed by atoms with van der Waals surface area (Å²) in [6.07, 6.45) is 0. The topological polar surface area (TPSA) is 38.8 Å². The molecule has 1 atom stereocenters. The van der Waals surface area contributed by atoms with E-state index in [1.54, 1.807) is 24.3 Å². The Bertz CT molecular complexity index is 444. The van der Waals surface area contributed by atoms with Gasteiger partial charge in [-0.1, -0.05) is 15.9 Å². The Morgan fingerprint density at radius 2 is 1.95 bits per heavy atom. The third-order valence-electron chi connectivity index (χ3n) is 2.80. The van der Waals surface area contributed by atoms with Crippen molar-refractivity contribution in [1.29, 1.82) is 0 Å². The summed E-state index contributed by atoms with van der Waals surface area (Å²) < 4.78 is 25.5. The number of morpholine rings is 1. The maximum atomic E-state index is 14.4. The van der Waals surface area contributed by atoms with Crippen LogP contribution in [0.4, 0.5) is 4.39 Å². The molecule has 1 aromatic rings. The van der Waals surface area contributed by atoms with Gasteiger partial charge in [-0.3, -0.25) is 4.79 Å². The van der Waals surface area contributed by atoms with Crippen LogP contribution in [0.5, 0.6) is 5.75 Å². The van der Waals surface area contributed by atoms with Crippen LogP contribution < -0.4 is 4.74 Å². The van der Waals surface area contributed by atoms with Crippen molar-refractivity contribution >= 4 is 21.8 Å². The molecular weight excluding hydrogens is 317 g/mol. The van der Waals surface area contributed by atoms with E-state index in [4.69, 9.17) is 9.47 Å². The number of carbonyl (C=O) groups excluding carboxylic acids is 1. The molecule has 2 rings (SSSR count). The minimum Gasteiger partial charge on any atom is -0.450 e. The summed E-state index contributed by atoms with van der Waals surface area (Å²) in [4.78, 5) is 13.5. The second kappa shape index (κ2) is 5.88. The predicted molar refractivity (Wildman–Crippen MR) is 71.7 cm³/mol. The van der Waals surface area contributed by atoms with E-state index in [1.807, 2.05) is 0 Å². The molecule has 1 unspecified atom stereocenters. The Morgan fingerprint density at radius 1 is 1.37 bits per heavy atom. The maximum absolute atomic E-state index is 14.4. The van der Waals surface area contributed by atoms with Gasteiger partial charge in [0.15, 0.2) is 0 Å². The number of hydrogen-bond acceptors (Lipinski definition) is 3. The normalized spacial score (nSPS) is 18.8. The highest BCUT2D eigenvalue weighted by Crippen LogP contribution is 2.24. The van der Waals surface area contributed by atoms with Crippen LogP contribution in [0.15, 0.2) is 28.7 Å². The molecule has 1 aromatic carbocycles. The minimum atomic E-state index is -2.37. The van der Waals surface area contributed by atoms with Crippen LogP contribution in [0.1, 0.15) is 6.92 Å². The molecule has 0 saturated carbocycles. The summed E-state index contributed by atoms with van der Waals surface area (Å²) in [6.45, 7) is 2.77. The fraction of sp³-hybridized carbons (Fsp3) is 0.462. The Labute approximate surface area is 119 Å². The molecule has 1 aliphatic rings. The minimum absolute atomic E-state index is 0.315. The van der Waals surface area contributed by atoms with Crippen molar-refractivity contribution in [2.45, 2.75) is 12.8 Å². The molecule has 1 aliphatic heterocycles. The van der Waals surface area contributed by atoms with Crippen LogP contribution in [0.2, 0.25) is 0 Å². The second-order valence-electron chi connectivity index (χ2n) is 4.38. The van der Waals surface area contributed by atoms with Gasteiger partial charge in [-0.25, -0.2) is 0 Å². The Balaban J connectivity index is 2.04. The summed E-state index contributed by atoms with van der Waals surface area (Å²) >= 11 is 3.28. The van der Waals surface area contributed by atoms with Crippen molar-refractivity contribution in [3.05, 3.63) is 28.7 Å². The smallest absolute Gasteiger partial charge is 0.324 e. The van der Waals surface area contributed by atoms with Crippen LogP contribution in [0.25, 0.3) is 0 Å². The van der Waals surface area contributed by atoms with Gasteiger partial charge in [0, 0.05) is 24.5 Å². The molecule has 104 valence electrons. The lowest BCUT2D eigenvalue weighted by Crippen LogP contribution is -2.51. The van der Waals surface area contributed by atoms with Crippen molar-refractivity contribution in [2.75, 3.05) is 26.3 Å². The first kappa shape index (κ1) is 14.3. The number of halogens is 2. The molecule has 4 nitrogen and oxygen atoms in total. The molecule has 19 heavy (non-hydrogen) atoms. The fourth-order valence-corrected chi connectivity index (χ4v) is 2.08. The van der Waals surface area contributed by atoms with Crippen LogP contribution in [0, 0.1) is 0 Å². The third kappa shape index (κ3) is 3.67. The molecule has 0 N–H and O–H groups in total. The largest absolute Gasteiger partial charge is 0.450 e. The number of rotatable bonds is 3. The lowest BCUT2D eigenvalue weighted by Gasteiger charge is -2.31. The second-order valence-corrected chi connectivity index (χ2v) is 5.29. The molecule has 1 heterocycles. The van der Waals surface area contributed by atoms with Crippen molar-refractivity contribution in [1.82, 2.24) is 4.90 Å². The van der Waals surface area contributed by atoms with Crippen molar-refractivity contribution < 1.29 is 18.7 Å². The van der Waals surface area contributed by atoms with Crippen molar-refractivity contribution in [3.8, 4) is 5.75 Å². The van der Waals surface area contributed by atoms with Crippen LogP contribution >= 0.6 is 15.9 Å². The molecule has 0 bridgehead atoms. The molecule has 0 spiro atoms. The van der Waals surface area contributed by atoms with Crippen LogP contribution in [-0.2, 0) is 9.53 Å². The standard InChI is InChI=1S/C13H15BrFNO3/c1-13(15,12(17)16-6-8-18-9-7-16)19-11-4-2-10(14)3-5-11/h2-5H,6-9H2,1H3. The molecule has 1 amide bonds. The molecule has 6 heteroatoms. The van der Waals surface area contributed by atoms with E-state index >= 15 is 0 Å². The summed E-state index contributed by atoms with van der Waals surface area (Å²) in [7, 11) is 0. The van der Waals surface area contributed by atoms with Gasteiger partial charge in [-0.2, -0.15) is 4.39 Å². The molecule has 0 radical (unpaired) electrons. The number of ether oxygens (including phenoxy) is 2. The number of alkyl halides is 1. The van der Waals surface area contributed by atoms with Gasteiger partial charge in [-0.05, 0) is 24.3 Å². The molecule has 0 aliphatic carbocycles. The van der Waals surface area contributed by atoms with Gasteiger partial charge >= 0.3 is 5.85 Å². The van der Waals surface area contributed by atoms with Gasteiger partial charge in [0.1, 0.15) is 5.75 Å². The third-order valence-corrected chi connectivity index (χ3v) is 3.33. The molecule has 0 aromatic heterocycles. The first-order chi connectivity index (χ1) is 8.99. The summed E-state index contributed by atoms with van der Waals surface area (Å²) in [5, 5.41) is 0. The molecule has 1 saturated heterocycles. The highest BCUT2D eigenvalue weighted by atomic mass is 79.9. The van der Waals surface area contributed by atoms with Gasteiger partial charge in [0.2, 0.25) is 0 Å². The summed E-state index contributed by atoms with van der Waals surface area (Å²) in [6, 6.07) is 6.66. The zero-order chi connectivity index (χ0) is 13.9. The van der Waals surface area contributed by atoms with E-state index in [-0.39, 0.29) is 0 Å². The highest BCUT2D eigenvalue weighted by Gasteiger charge is 2.39. The average molecular weight is 332 g/mol. The number of benzene rings is 1. The summed E-state index contributed by atoms with van der Waals surface area (Å²) in [5.74, 6) is -2.72. The van der Waals surface area contributed by atoms with E-state index in [2.05, 4.69) is 15.9 Å². The SMILES string of the molecule is CC(F)(Oc1ccc(Br)cc1)C(=O)N1CCOCC1. The van der Waals surface area contributed by atoms with Crippen LogP contribution in [0.3, 0.4) is 0 Å². The van der Waals surface area contributed by atoms with E-state index in [0.717, 1.165) is 11.4 Å². The average Bonchev–Trinajstić information content (AvgIpc) is 2.41. The Hall–Kier alpha value is -1.14. The number of amides is 1. The quantitative estimate of drug-likeness (QED) is 0.853. The number of carbonyl (C=O) groups is 1. The predicted octanol–water partition coefficient (Wildman–Crippen LogP) is 2.37. The van der Waals surface area contributed by atoms with Gasteiger partial charge in [-0.15, -0.1) is 0 Å². The summed E-state index contributed by atoms with van der Waals surface area (Å²) in [5.41, 5.74) is 0. The van der Waals surface area contributed by atoms with E-state index in [0.29, 0.717) is 32.1 Å². The van der Waals surface area contributed by atoms with E-state index in [9.17, 15) is 9.18 Å². The zero-order valence-corrected chi connectivity index (χ0v) is 12.2.